The molecule has 0 radical (unpaired) electrons. The Kier molecular flexibility index (Phi) is 10.1. The molecule has 0 aliphatic rings. The summed E-state index contributed by atoms with van der Waals surface area (Å²) in [5.41, 5.74) is 17.5. The van der Waals surface area contributed by atoms with Crippen LogP contribution in [0.3, 0.4) is 0 Å². The molecular formula is C23H31N7O7. The Hall–Kier alpha value is -4.46. The van der Waals surface area contributed by atoms with Gasteiger partial charge in [0.2, 0.25) is 29.5 Å². The molecule has 5 amide bonds. The average Bonchev–Trinajstić information content (AvgIpc) is 3.23. The lowest BCUT2D eigenvalue weighted by molar-refractivity contribution is -0.143. The minimum absolute atomic E-state index is 0.0257. The van der Waals surface area contributed by atoms with Crippen molar-refractivity contribution in [1.29, 1.82) is 0 Å². The van der Waals surface area contributed by atoms with Gasteiger partial charge in [0, 0.05) is 29.9 Å². The monoisotopic (exact) mass is 517 g/mol. The summed E-state index contributed by atoms with van der Waals surface area (Å²) in [6.45, 7) is 1.31. The number of para-hydroxylation sites is 1. The van der Waals surface area contributed by atoms with Crippen LogP contribution in [0.25, 0.3) is 10.9 Å². The van der Waals surface area contributed by atoms with Crippen molar-refractivity contribution in [3.8, 4) is 0 Å². The quantitative estimate of drug-likeness (QED) is 0.135. The molecule has 0 aliphatic heterocycles. The predicted octanol–water partition coefficient (Wildman–Crippen LogP) is -2.26. The first-order chi connectivity index (χ1) is 17.4. The average molecular weight is 518 g/mol. The molecule has 0 fully saturated rings. The Morgan fingerprint density at radius 1 is 0.919 bits per heavy atom. The number of nitrogens with one attached hydrogen (secondary N) is 4. The second-order valence-electron chi connectivity index (χ2n) is 8.54. The molecule has 14 heteroatoms. The van der Waals surface area contributed by atoms with Gasteiger partial charge in [0.1, 0.15) is 18.1 Å². The van der Waals surface area contributed by atoms with Crippen LogP contribution in [0.4, 0.5) is 0 Å². The minimum atomic E-state index is -1.57. The fourth-order valence-corrected chi connectivity index (χ4v) is 3.51. The van der Waals surface area contributed by atoms with Crippen molar-refractivity contribution in [3.05, 3.63) is 36.0 Å². The Balaban J connectivity index is 2.18. The van der Waals surface area contributed by atoms with Crippen molar-refractivity contribution >= 4 is 46.4 Å². The molecule has 1 heterocycles. The predicted molar refractivity (Wildman–Crippen MR) is 131 cm³/mol. The topological polar surface area (TPSA) is 253 Å². The number of hydrogen-bond acceptors (Lipinski definition) is 7. The van der Waals surface area contributed by atoms with Gasteiger partial charge in [-0.2, -0.15) is 0 Å². The number of carboxylic acids is 1. The van der Waals surface area contributed by atoms with Crippen LogP contribution in [0.15, 0.2) is 30.5 Å². The zero-order valence-electron chi connectivity index (χ0n) is 20.2. The highest BCUT2D eigenvalue weighted by Crippen LogP contribution is 2.19. The Morgan fingerprint density at radius 2 is 1.57 bits per heavy atom. The molecule has 37 heavy (non-hydrogen) atoms. The number of fused-ring (bicyclic) bond motifs is 1. The number of aromatic amines is 1. The number of carbonyl (C=O) groups excluding carboxylic acids is 5. The van der Waals surface area contributed by atoms with E-state index in [2.05, 4.69) is 20.9 Å². The van der Waals surface area contributed by atoms with E-state index in [0.29, 0.717) is 5.56 Å². The molecule has 14 nitrogen and oxygen atoms in total. The SMILES string of the molecule is CC(NC(=O)C(Cc1c[nH]c2ccccc12)NC(=O)C(N)CCC(N)=O)C(=O)NC(CC(N)=O)C(=O)O. The largest absolute Gasteiger partial charge is 0.480 e. The molecule has 2 aromatic rings. The molecule has 0 bridgehead atoms. The molecule has 11 N–H and O–H groups in total. The lowest BCUT2D eigenvalue weighted by Gasteiger charge is -2.23. The fraction of sp³-hybridized carbons (Fsp3) is 0.391. The number of aromatic nitrogens is 1. The molecule has 4 atom stereocenters. The molecule has 200 valence electrons. The van der Waals surface area contributed by atoms with Crippen LogP contribution in [0.5, 0.6) is 0 Å². The summed E-state index contributed by atoms with van der Waals surface area (Å²) in [7, 11) is 0. The van der Waals surface area contributed by atoms with Crippen molar-refractivity contribution in [2.45, 2.75) is 56.8 Å². The second-order valence-corrected chi connectivity index (χ2v) is 8.54. The van der Waals surface area contributed by atoms with Gasteiger partial charge in [-0.25, -0.2) is 4.79 Å². The number of hydrogen-bond donors (Lipinski definition) is 8. The van der Waals surface area contributed by atoms with Crippen molar-refractivity contribution in [2.24, 2.45) is 17.2 Å². The molecule has 1 aromatic carbocycles. The number of primary amides is 2. The van der Waals surface area contributed by atoms with E-state index in [1.54, 1.807) is 6.20 Å². The number of amides is 5. The standard InChI is InChI=1S/C23H31N7O7/c1-11(20(33)30-17(23(36)37)9-19(26)32)28-22(35)16(29-21(34)14(24)6-7-18(25)31)8-12-10-27-15-5-3-2-4-13(12)15/h2-5,10-11,14,16-17,27H,6-9,24H2,1H3,(H2,25,31)(H2,26,32)(H,28,35)(H,29,34)(H,30,33)(H,36,37). The zero-order valence-corrected chi connectivity index (χ0v) is 20.2. The first-order valence-corrected chi connectivity index (χ1v) is 11.4. The van der Waals surface area contributed by atoms with Crippen LogP contribution >= 0.6 is 0 Å². The minimum Gasteiger partial charge on any atom is -0.480 e. The smallest absolute Gasteiger partial charge is 0.326 e. The summed E-state index contributed by atoms with van der Waals surface area (Å²) in [6.07, 6.45) is 0.919. The van der Waals surface area contributed by atoms with Gasteiger partial charge in [0.05, 0.1) is 12.5 Å². The van der Waals surface area contributed by atoms with Crippen LogP contribution in [-0.2, 0) is 35.2 Å². The van der Waals surface area contributed by atoms with Crippen LogP contribution in [-0.4, -0.2) is 69.8 Å². The van der Waals surface area contributed by atoms with E-state index in [-0.39, 0.29) is 19.3 Å². The highest BCUT2D eigenvalue weighted by atomic mass is 16.4. The third-order valence-electron chi connectivity index (χ3n) is 5.54. The van der Waals surface area contributed by atoms with Gasteiger partial charge in [0.15, 0.2) is 0 Å². The molecule has 2 rings (SSSR count). The van der Waals surface area contributed by atoms with Crippen molar-refractivity contribution in [3.63, 3.8) is 0 Å². The molecule has 0 saturated carbocycles. The summed E-state index contributed by atoms with van der Waals surface area (Å²) in [6, 6.07) is 2.21. The number of aliphatic carboxylic acids is 1. The van der Waals surface area contributed by atoms with Crippen molar-refractivity contribution in [1.82, 2.24) is 20.9 Å². The zero-order chi connectivity index (χ0) is 27.7. The molecule has 1 aromatic heterocycles. The van der Waals surface area contributed by atoms with E-state index in [0.717, 1.165) is 10.9 Å². The molecule has 4 unspecified atom stereocenters. The highest BCUT2D eigenvalue weighted by Gasteiger charge is 2.29. The van der Waals surface area contributed by atoms with Gasteiger partial charge in [-0.3, -0.25) is 24.0 Å². The van der Waals surface area contributed by atoms with E-state index in [1.165, 1.54) is 6.92 Å². The summed E-state index contributed by atoms with van der Waals surface area (Å²) >= 11 is 0. The lowest BCUT2D eigenvalue weighted by Crippen LogP contribution is -2.57. The molecule has 0 saturated heterocycles. The summed E-state index contributed by atoms with van der Waals surface area (Å²) in [5.74, 6) is -5.36. The maximum atomic E-state index is 13.1. The number of benzene rings is 1. The number of nitrogens with two attached hydrogens (primary N) is 3. The third kappa shape index (κ3) is 8.61. The summed E-state index contributed by atoms with van der Waals surface area (Å²) < 4.78 is 0. The van der Waals surface area contributed by atoms with E-state index >= 15 is 0 Å². The van der Waals surface area contributed by atoms with E-state index in [1.807, 2.05) is 24.3 Å². The van der Waals surface area contributed by atoms with Crippen LogP contribution in [0.1, 0.15) is 31.7 Å². The van der Waals surface area contributed by atoms with E-state index in [9.17, 15) is 33.9 Å². The van der Waals surface area contributed by atoms with Crippen LogP contribution < -0.4 is 33.2 Å². The molecule has 0 spiro atoms. The van der Waals surface area contributed by atoms with Crippen LogP contribution in [0.2, 0.25) is 0 Å². The van der Waals surface area contributed by atoms with Gasteiger partial charge in [-0.15, -0.1) is 0 Å². The number of H-pyrrole nitrogens is 1. The fourth-order valence-electron chi connectivity index (χ4n) is 3.51. The van der Waals surface area contributed by atoms with Gasteiger partial charge in [-0.1, -0.05) is 18.2 Å². The van der Waals surface area contributed by atoms with Crippen molar-refractivity contribution < 1.29 is 33.9 Å². The Morgan fingerprint density at radius 3 is 2.19 bits per heavy atom. The van der Waals surface area contributed by atoms with Gasteiger partial charge >= 0.3 is 5.97 Å². The number of carboxylic acid groups (broad SMARTS) is 1. The van der Waals surface area contributed by atoms with E-state index in [4.69, 9.17) is 17.2 Å². The normalized spacial score (nSPS) is 14.1. The first kappa shape index (κ1) is 28.8. The van der Waals surface area contributed by atoms with Crippen molar-refractivity contribution in [2.75, 3.05) is 0 Å². The highest BCUT2D eigenvalue weighted by molar-refractivity contribution is 5.95. The van der Waals surface area contributed by atoms with Gasteiger partial charge < -0.3 is 43.2 Å². The molecule has 0 aliphatic carbocycles. The van der Waals surface area contributed by atoms with E-state index < -0.39 is 66.1 Å². The van der Waals surface area contributed by atoms with Gasteiger partial charge in [0.25, 0.3) is 0 Å². The Labute approximate surface area is 211 Å². The summed E-state index contributed by atoms with van der Waals surface area (Å²) in [5, 5.41) is 17.1. The Bertz CT molecular complexity index is 1180. The number of rotatable bonds is 14. The second kappa shape index (κ2) is 13.0. The van der Waals surface area contributed by atoms with Gasteiger partial charge in [-0.05, 0) is 25.0 Å². The number of carbonyl (C=O) groups is 6. The maximum Gasteiger partial charge on any atom is 0.326 e. The first-order valence-electron chi connectivity index (χ1n) is 11.4. The maximum absolute atomic E-state index is 13.1. The third-order valence-corrected chi connectivity index (χ3v) is 5.54. The van der Waals surface area contributed by atoms with Crippen LogP contribution in [0, 0.1) is 0 Å². The molecular weight excluding hydrogens is 486 g/mol. The lowest BCUT2D eigenvalue weighted by atomic mass is 10.0. The summed E-state index contributed by atoms with van der Waals surface area (Å²) in [4.78, 5) is 74.7.